The van der Waals surface area contributed by atoms with E-state index < -0.39 is 4.92 Å². The summed E-state index contributed by atoms with van der Waals surface area (Å²) in [5.74, 6) is 1.13. The monoisotopic (exact) mass is 311 g/mol. The summed E-state index contributed by atoms with van der Waals surface area (Å²) < 4.78 is 5.44. The minimum Gasteiger partial charge on any atom is -0.492 e. The van der Waals surface area contributed by atoms with Crippen molar-refractivity contribution in [3.05, 3.63) is 51.7 Å². The van der Waals surface area contributed by atoms with E-state index in [0.29, 0.717) is 23.3 Å². The number of nitro benzene ring substituents is 1. The molecule has 2 aromatic rings. The van der Waals surface area contributed by atoms with Gasteiger partial charge in [-0.3, -0.25) is 10.1 Å². The molecule has 1 heterocycles. The Kier molecular flexibility index (Phi) is 5.14. The van der Waals surface area contributed by atoms with Crippen LogP contribution in [0, 0.1) is 10.1 Å². The van der Waals surface area contributed by atoms with Crippen LogP contribution in [-0.2, 0) is 0 Å². The molecule has 0 N–H and O–H groups in total. The Labute approximate surface area is 124 Å². The maximum Gasteiger partial charge on any atom is 0.273 e. The number of hydrogen-bond donors (Lipinski definition) is 0. The van der Waals surface area contributed by atoms with Crippen LogP contribution in [0.3, 0.4) is 0 Å². The fourth-order valence-corrected chi connectivity index (χ4v) is 2.11. The summed E-state index contributed by atoms with van der Waals surface area (Å²) in [5.41, 5.74) is 0.0127. The third kappa shape index (κ3) is 4.36. The van der Waals surface area contributed by atoms with Crippen molar-refractivity contribution in [2.45, 2.75) is 5.03 Å². The van der Waals surface area contributed by atoms with Gasteiger partial charge in [0.25, 0.3) is 5.69 Å². The van der Waals surface area contributed by atoms with Crippen LogP contribution >= 0.6 is 23.4 Å². The number of halogens is 1. The maximum atomic E-state index is 10.6. The molecule has 0 aliphatic carbocycles. The average molecular weight is 312 g/mol. The maximum absolute atomic E-state index is 10.6. The summed E-state index contributed by atoms with van der Waals surface area (Å²) in [4.78, 5) is 10.2. The number of benzene rings is 1. The van der Waals surface area contributed by atoms with Crippen LogP contribution in [0.5, 0.6) is 5.75 Å². The molecule has 0 saturated heterocycles. The average Bonchev–Trinajstić information content (AvgIpc) is 2.46. The SMILES string of the molecule is O=[N+]([O-])c1cccc(OCCSc2ccc(Cl)nn2)c1. The number of nitrogens with zero attached hydrogens (tertiary/aromatic N) is 3. The lowest BCUT2D eigenvalue weighted by atomic mass is 10.3. The fourth-order valence-electron chi connectivity index (χ4n) is 1.37. The Bertz CT molecular complexity index is 595. The summed E-state index contributed by atoms with van der Waals surface area (Å²) in [6, 6.07) is 9.52. The van der Waals surface area contributed by atoms with Crippen molar-refractivity contribution in [1.29, 1.82) is 0 Å². The van der Waals surface area contributed by atoms with Crippen molar-refractivity contribution in [1.82, 2.24) is 10.2 Å². The van der Waals surface area contributed by atoms with E-state index in [1.807, 2.05) is 0 Å². The zero-order valence-corrected chi connectivity index (χ0v) is 11.8. The van der Waals surface area contributed by atoms with E-state index >= 15 is 0 Å². The van der Waals surface area contributed by atoms with Gasteiger partial charge in [-0.25, -0.2) is 0 Å². The molecule has 0 aliphatic rings. The van der Waals surface area contributed by atoms with Crippen molar-refractivity contribution in [3.8, 4) is 5.75 Å². The Morgan fingerprint density at radius 3 is 2.85 bits per heavy atom. The number of hydrogen-bond acceptors (Lipinski definition) is 6. The molecule has 104 valence electrons. The molecular weight excluding hydrogens is 302 g/mol. The highest BCUT2D eigenvalue weighted by molar-refractivity contribution is 7.99. The van der Waals surface area contributed by atoms with Crippen LogP contribution in [0.1, 0.15) is 0 Å². The number of ether oxygens (including phenoxy) is 1. The predicted octanol–water partition coefficient (Wildman–Crippen LogP) is 3.21. The molecule has 0 spiro atoms. The normalized spacial score (nSPS) is 10.2. The molecule has 20 heavy (non-hydrogen) atoms. The Morgan fingerprint density at radius 1 is 1.30 bits per heavy atom. The number of rotatable bonds is 6. The van der Waals surface area contributed by atoms with Gasteiger partial charge < -0.3 is 4.74 Å². The molecule has 6 nitrogen and oxygen atoms in total. The van der Waals surface area contributed by atoms with E-state index in [4.69, 9.17) is 16.3 Å². The third-order valence-corrected chi connectivity index (χ3v) is 3.32. The lowest BCUT2D eigenvalue weighted by molar-refractivity contribution is -0.384. The molecule has 0 aliphatic heterocycles. The van der Waals surface area contributed by atoms with E-state index in [-0.39, 0.29) is 5.69 Å². The number of nitro groups is 1. The van der Waals surface area contributed by atoms with Gasteiger partial charge in [-0.1, -0.05) is 17.7 Å². The lowest BCUT2D eigenvalue weighted by Crippen LogP contribution is -2.01. The van der Waals surface area contributed by atoms with Crippen molar-refractivity contribution in [2.75, 3.05) is 12.4 Å². The van der Waals surface area contributed by atoms with Crippen LogP contribution < -0.4 is 4.74 Å². The minimum atomic E-state index is -0.453. The topological polar surface area (TPSA) is 78.2 Å². The Balaban J connectivity index is 1.79. The third-order valence-electron chi connectivity index (χ3n) is 2.24. The molecule has 0 atom stereocenters. The van der Waals surface area contributed by atoms with Gasteiger partial charge >= 0.3 is 0 Å². The summed E-state index contributed by atoms with van der Waals surface area (Å²) in [5, 5.41) is 19.3. The fraction of sp³-hybridized carbons (Fsp3) is 0.167. The van der Waals surface area contributed by atoms with Gasteiger partial charge in [-0.2, -0.15) is 0 Å². The molecule has 0 saturated carbocycles. The number of thioether (sulfide) groups is 1. The first-order chi connectivity index (χ1) is 9.65. The Morgan fingerprint density at radius 2 is 2.15 bits per heavy atom. The highest BCUT2D eigenvalue weighted by Gasteiger charge is 2.06. The molecule has 1 aromatic carbocycles. The summed E-state index contributed by atoms with van der Waals surface area (Å²) >= 11 is 7.10. The zero-order chi connectivity index (χ0) is 14.4. The summed E-state index contributed by atoms with van der Waals surface area (Å²) in [6.45, 7) is 0.413. The van der Waals surface area contributed by atoms with Crippen LogP contribution in [0.2, 0.25) is 5.15 Å². The smallest absolute Gasteiger partial charge is 0.273 e. The van der Waals surface area contributed by atoms with Gasteiger partial charge in [-0.05, 0) is 18.2 Å². The van der Waals surface area contributed by atoms with Crippen LogP contribution in [-0.4, -0.2) is 27.5 Å². The van der Waals surface area contributed by atoms with E-state index in [1.165, 1.54) is 23.9 Å². The standard InChI is InChI=1S/C12H10ClN3O3S/c13-11-4-5-12(15-14-11)20-7-6-19-10-3-1-2-9(8-10)16(17)18/h1-5,8H,6-7H2. The van der Waals surface area contributed by atoms with Crippen molar-refractivity contribution < 1.29 is 9.66 Å². The molecule has 2 rings (SSSR count). The van der Waals surface area contributed by atoms with Crippen molar-refractivity contribution in [3.63, 3.8) is 0 Å². The molecular formula is C12H10ClN3O3S. The van der Waals surface area contributed by atoms with Gasteiger partial charge in [0, 0.05) is 11.8 Å². The highest BCUT2D eigenvalue weighted by Crippen LogP contribution is 2.20. The second-order valence-electron chi connectivity index (χ2n) is 3.65. The van der Waals surface area contributed by atoms with E-state index in [2.05, 4.69) is 10.2 Å². The largest absolute Gasteiger partial charge is 0.492 e. The quantitative estimate of drug-likeness (QED) is 0.353. The molecule has 0 fully saturated rings. The molecule has 8 heteroatoms. The molecule has 0 radical (unpaired) electrons. The second kappa shape index (κ2) is 7.06. The zero-order valence-electron chi connectivity index (χ0n) is 10.2. The van der Waals surface area contributed by atoms with Crippen molar-refractivity contribution in [2.24, 2.45) is 0 Å². The summed E-state index contributed by atoms with van der Waals surface area (Å²) in [6.07, 6.45) is 0. The predicted molar refractivity (Wildman–Crippen MR) is 76.4 cm³/mol. The van der Waals surface area contributed by atoms with Gasteiger partial charge in [0.05, 0.1) is 17.6 Å². The van der Waals surface area contributed by atoms with Gasteiger partial charge in [0.1, 0.15) is 10.8 Å². The van der Waals surface area contributed by atoms with Gasteiger partial charge in [-0.15, -0.1) is 22.0 Å². The number of non-ortho nitro benzene ring substituents is 1. The minimum absolute atomic E-state index is 0.0127. The van der Waals surface area contributed by atoms with Crippen LogP contribution in [0.4, 0.5) is 5.69 Å². The summed E-state index contributed by atoms with van der Waals surface area (Å²) in [7, 11) is 0. The molecule has 1 aromatic heterocycles. The van der Waals surface area contributed by atoms with Gasteiger partial charge in [0.2, 0.25) is 0 Å². The first kappa shape index (κ1) is 14.5. The first-order valence-electron chi connectivity index (χ1n) is 5.64. The number of aromatic nitrogens is 2. The first-order valence-corrected chi connectivity index (χ1v) is 7.01. The molecule has 0 bridgehead atoms. The van der Waals surface area contributed by atoms with Crippen LogP contribution in [0.15, 0.2) is 41.4 Å². The van der Waals surface area contributed by atoms with E-state index in [9.17, 15) is 10.1 Å². The van der Waals surface area contributed by atoms with E-state index in [1.54, 1.807) is 24.3 Å². The van der Waals surface area contributed by atoms with Crippen LogP contribution in [0.25, 0.3) is 0 Å². The van der Waals surface area contributed by atoms with Gasteiger partial charge in [0.15, 0.2) is 5.15 Å². The van der Waals surface area contributed by atoms with Crippen molar-refractivity contribution >= 4 is 29.1 Å². The second-order valence-corrected chi connectivity index (χ2v) is 5.15. The Hall–Kier alpha value is -1.86. The lowest BCUT2D eigenvalue weighted by Gasteiger charge is -2.05. The molecule has 0 unspecified atom stereocenters. The molecule has 0 amide bonds. The highest BCUT2D eigenvalue weighted by atomic mass is 35.5. The van der Waals surface area contributed by atoms with E-state index in [0.717, 1.165) is 5.03 Å².